The Morgan fingerprint density at radius 1 is 1.56 bits per heavy atom. The topological polar surface area (TPSA) is 92.4 Å². The predicted octanol–water partition coefficient (Wildman–Crippen LogP) is 0.581. The first-order chi connectivity index (χ1) is 7.38. The first-order valence-corrected chi connectivity index (χ1v) is 6.41. The number of nitrogens with two attached hydrogens (primary N) is 1. The van der Waals surface area contributed by atoms with Gasteiger partial charge in [0.15, 0.2) is 0 Å². The highest BCUT2D eigenvalue weighted by Crippen LogP contribution is 2.26. The summed E-state index contributed by atoms with van der Waals surface area (Å²) in [5.74, 6) is 0. The Hall–Kier alpha value is -0.820. The van der Waals surface area contributed by atoms with Crippen molar-refractivity contribution in [3.63, 3.8) is 0 Å². The van der Waals surface area contributed by atoms with Crippen LogP contribution in [0.1, 0.15) is 6.92 Å². The van der Waals surface area contributed by atoms with Gasteiger partial charge in [0.25, 0.3) is 0 Å². The van der Waals surface area contributed by atoms with E-state index in [1.165, 1.54) is 19.1 Å². The molecule has 16 heavy (non-hydrogen) atoms. The largest absolute Gasteiger partial charge is 0.398 e. The number of nitrogen functional groups attached to an aromatic ring is 1. The molecule has 1 rings (SSSR count). The number of hydrogen-bond donors (Lipinski definition) is 3. The van der Waals surface area contributed by atoms with Crippen LogP contribution in [0, 0.1) is 0 Å². The second-order valence-corrected chi connectivity index (χ2v) is 5.42. The van der Waals surface area contributed by atoms with Crippen LogP contribution >= 0.6 is 11.6 Å². The van der Waals surface area contributed by atoms with Crippen molar-refractivity contribution < 1.29 is 13.5 Å². The van der Waals surface area contributed by atoms with Crippen LogP contribution in [-0.4, -0.2) is 26.2 Å². The van der Waals surface area contributed by atoms with Crippen molar-refractivity contribution in [2.45, 2.75) is 17.9 Å². The maximum Gasteiger partial charge on any atom is 0.244 e. The first kappa shape index (κ1) is 13.2. The van der Waals surface area contributed by atoms with E-state index in [0.29, 0.717) is 0 Å². The molecule has 0 saturated heterocycles. The molecule has 0 aliphatic heterocycles. The van der Waals surface area contributed by atoms with Gasteiger partial charge in [-0.3, -0.25) is 0 Å². The number of benzene rings is 1. The molecule has 0 saturated carbocycles. The van der Waals surface area contributed by atoms with Crippen molar-refractivity contribution in [3.8, 4) is 0 Å². The Morgan fingerprint density at radius 3 is 2.69 bits per heavy atom. The van der Waals surface area contributed by atoms with Crippen molar-refractivity contribution in [1.82, 2.24) is 4.72 Å². The van der Waals surface area contributed by atoms with Crippen LogP contribution < -0.4 is 10.5 Å². The number of sulfonamides is 1. The van der Waals surface area contributed by atoms with Crippen molar-refractivity contribution in [1.29, 1.82) is 0 Å². The minimum Gasteiger partial charge on any atom is -0.398 e. The van der Waals surface area contributed by atoms with E-state index in [1.807, 2.05) is 0 Å². The van der Waals surface area contributed by atoms with E-state index in [0.717, 1.165) is 0 Å². The highest BCUT2D eigenvalue weighted by atomic mass is 35.5. The Morgan fingerprint density at radius 2 is 2.19 bits per heavy atom. The second-order valence-electron chi connectivity index (χ2n) is 3.36. The molecule has 1 atom stereocenters. The van der Waals surface area contributed by atoms with E-state index >= 15 is 0 Å². The minimum atomic E-state index is -3.80. The van der Waals surface area contributed by atoms with Gasteiger partial charge in [-0.15, -0.1) is 0 Å². The molecule has 7 heteroatoms. The van der Waals surface area contributed by atoms with E-state index in [9.17, 15) is 8.42 Å². The normalized spacial score (nSPS) is 13.7. The highest BCUT2D eigenvalue weighted by molar-refractivity contribution is 7.89. The number of aliphatic hydroxyl groups excluding tert-OH is 1. The van der Waals surface area contributed by atoms with Crippen molar-refractivity contribution in [2.24, 2.45) is 0 Å². The van der Waals surface area contributed by atoms with Gasteiger partial charge in [-0.05, 0) is 19.1 Å². The molecule has 0 heterocycles. The van der Waals surface area contributed by atoms with Gasteiger partial charge in [0.05, 0.1) is 17.3 Å². The summed E-state index contributed by atoms with van der Waals surface area (Å²) in [6, 6.07) is 3.85. The number of halogens is 1. The summed E-state index contributed by atoms with van der Waals surface area (Å²) in [6.45, 7) is 1.23. The molecule has 0 aliphatic carbocycles. The Kier molecular flexibility index (Phi) is 4.15. The average Bonchev–Trinajstić information content (AvgIpc) is 2.16. The summed E-state index contributed by atoms with van der Waals surface area (Å²) in [6.07, 6.45) is 0. The third-order valence-electron chi connectivity index (χ3n) is 1.90. The molecule has 4 N–H and O–H groups in total. The van der Waals surface area contributed by atoms with Crippen LogP contribution in [0.4, 0.5) is 5.69 Å². The van der Waals surface area contributed by atoms with E-state index in [1.54, 1.807) is 6.07 Å². The Balaban J connectivity index is 3.17. The van der Waals surface area contributed by atoms with E-state index in [2.05, 4.69) is 4.72 Å². The quantitative estimate of drug-likeness (QED) is 0.694. The van der Waals surface area contributed by atoms with Crippen LogP contribution in [0.5, 0.6) is 0 Å². The lowest BCUT2D eigenvalue weighted by atomic mass is 10.3. The molecule has 0 amide bonds. The molecule has 90 valence electrons. The van der Waals surface area contributed by atoms with Gasteiger partial charge in [0.1, 0.15) is 4.90 Å². The summed E-state index contributed by atoms with van der Waals surface area (Å²) in [5, 5.41) is 8.85. The molecule has 1 aromatic rings. The summed E-state index contributed by atoms with van der Waals surface area (Å²) in [5.41, 5.74) is 5.63. The van der Waals surface area contributed by atoms with Crippen molar-refractivity contribution >= 4 is 27.3 Å². The lowest BCUT2D eigenvalue weighted by molar-refractivity contribution is 0.265. The fourth-order valence-electron chi connectivity index (χ4n) is 1.17. The SMILES string of the molecule is CC(CO)NS(=O)(=O)c1c(N)cccc1Cl. The minimum absolute atomic E-state index is 0.0534. The first-order valence-electron chi connectivity index (χ1n) is 4.55. The molecule has 1 unspecified atom stereocenters. The molecule has 0 aromatic heterocycles. The molecule has 0 bridgehead atoms. The zero-order chi connectivity index (χ0) is 12.3. The van der Waals surface area contributed by atoms with Gasteiger partial charge in [0, 0.05) is 6.04 Å². The summed E-state index contributed by atoms with van der Waals surface area (Å²) in [4.78, 5) is -0.156. The Bertz CT molecular complexity index is 455. The third-order valence-corrected chi connectivity index (χ3v) is 4.03. The maximum atomic E-state index is 11.9. The predicted molar refractivity (Wildman–Crippen MR) is 62.7 cm³/mol. The van der Waals surface area contributed by atoms with Gasteiger partial charge < -0.3 is 10.8 Å². The number of hydrogen-bond acceptors (Lipinski definition) is 4. The smallest absolute Gasteiger partial charge is 0.244 e. The van der Waals surface area contributed by atoms with Crippen molar-refractivity contribution in [3.05, 3.63) is 23.2 Å². The fourth-order valence-corrected chi connectivity index (χ4v) is 3.08. The monoisotopic (exact) mass is 264 g/mol. The standard InChI is InChI=1S/C9H13ClN2O3S/c1-6(5-13)12-16(14,15)9-7(10)3-2-4-8(9)11/h2-4,6,12-13H,5,11H2,1H3. The van der Waals surface area contributed by atoms with E-state index in [-0.39, 0.29) is 22.2 Å². The third kappa shape index (κ3) is 2.85. The number of aliphatic hydroxyl groups is 1. The molecular formula is C9H13ClN2O3S. The van der Waals surface area contributed by atoms with Crippen LogP contribution in [0.15, 0.2) is 23.1 Å². The molecule has 0 fully saturated rings. The van der Waals surface area contributed by atoms with Crippen LogP contribution in [0.2, 0.25) is 5.02 Å². The van der Waals surface area contributed by atoms with Crippen molar-refractivity contribution in [2.75, 3.05) is 12.3 Å². The summed E-state index contributed by atoms with van der Waals surface area (Å²) >= 11 is 5.78. The molecule has 1 aromatic carbocycles. The average molecular weight is 265 g/mol. The molecule has 5 nitrogen and oxygen atoms in total. The molecule has 0 radical (unpaired) electrons. The zero-order valence-electron chi connectivity index (χ0n) is 8.64. The zero-order valence-corrected chi connectivity index (χ0v) is 10.2. The summed E-state index contributed by atoms with van der Waals surface area (Å²) in [7, 11) is -3.80. The van der Waals surface area contributed by atoms with E-state index < -0.39 is 16.1 Å². The fraction of sp³-hybridized carbons (Fsp3) is 0.333. The van der Waals surface area contributed by atoms with Gasteiger partial charge in [-0.2, -0.15) is 0 Å². The number of anilines is 1. The molecular weight excluding hydrogens is 252 g/mol. The van der Waals surface area contributed by atoms with Gasteiger partial charge in [0.2, 0.25) is 10.0 Å². The second kappa shape index (κ2) is 5.01. The van der Waals surface area contributed by atoms with E-state index in [4.69, 9.17) is 22.4 Å². The lowest BCUT2D eigenvalue weighted by Crippen LogP contribution is -2.35. The lowest BCUT2D eigenvalue weighted by Gasteiger charge is -2.13. The van der Waals surface area contributed by atoms with Crippen LogP contribution in [0.3, 0.4) is 0 Å². The van der Waals surface area contributed by atoms with Crippen LogP contribution in [0.25, 0.3) is 0 Å². The highest BCUT2D eigenvalue weighted by Gasteiger charge is 2.22. The Labute approximate surface area is 99.3 Å². The van der Waals surface area contributed by atoms with Crippen LogP contribution in [-0.2, 0) is 10.0 Å². The number of rotatable bonds is 4. The number of nitrogens with one attached hydrogen (secondary N) is 1. The molecule has 0 aliphatic rings. The van der Waals surface area contributed by atoms with Gasteiger partial charge in [-0.1, -0.05) is 17.7 Å². The van der Waals surface area contributed by atoms with Gasteiger partial charge in [-0.25, -0.2) is 13.1 Å². The maximum absolute atomic E-state index is 11.9. The molecule has 0 spiro atoms. The summed E-state index contributed by atoms with van der Waals surface area (Å²) < 4.78 is 26.0. The van der Waals surface area contributed by atoms with Gasteiger partial charge >= 0.3 is 0 Å².